The topological polar surface area (TPSA) is 55.8 Å². The van der Waals surface area contributed by atoms with Crippen molar-refractivity contribution in [1.29, 1.82) is 0 Å². The van der Waals surface area contributed by atoms with Crippen LogP contribution in [0, 0.1) is 0 Å². The van der Waals surface area contributed by atoms with Gasteiger partial charge in [0.05, 0.1) is 13.2 Å². The highest BCUT2D eigenvalue weighted by atomic mass is 16.6. The van der Waals surface area contributed by atoms with Crippen LogP contribution in [0.4, 0.5) is 0 Å². The summed E-state index contributed by atoms with van der Waals surface area (Å²) in [5.41, 5.74) is 0. The smallest absolute Gasteiger partial charge is 0.306 e. The molecule has 0 heterocycles. The van der Waals surface area contributed by atoms with Crippen molar-refractivity contribution in [3.8, 4) is 0 Å². The normalized spacial score (nSPS) is 12.4. The number of aliphatic hydroxyl groups excluding tert-OH is 1. The predicted octanol–water partition coefficient (Wildman–Crippen LogP) is 16.3. The van der Waals surface area contributed by atoms with Crippen LogP contribution in [0.5, 0.6) is 0 Å². The zero-order chi connectivity index (χ0) is 39.1. The molecule has 0 fully saturated rings. The van der Waals surface area contributed by atoms with E-state index in [1.165, 1.54) is 218 Å². The zero-order valence-electron chi connectivity index (χ0n) is 36.8. The van der Waals surface area contributed by atoms with Crippen LogP contribution in [0.15, 0.2) is 24.3 Å². The number of ether oxygens (including phenoxy) is 2. The van der Waals surface area contributed by atoms with Crippen LogP contribution in [0.2, 0.25) is 0 Å². The molecule has 0 bridgehead atoms. The van der Waals surface area contributed by atoms with Crippen molar-refractivity contribution >= 4 is 5.97 Å². The lowest BCUT2D eigenvalue weighted by molar-refractivity contribution is -0.154. The van der Waals surface area contributed by atoms with Crippen LogP contribution in [0.3, 0.4) is 0 Å². The first-order valence-electron chi connectivity index (χ1n) is 24.4. The molecule has 0 aliphatic rings. The largest absolute Gasteiger partial charge is 0.457 e. The van der Waals surface area contributed by atoms with Crippen LogP contribution < -0.4 is 0 Å². The highest BCUT2D eigenvalue weighted by Crippen LogP contribution is 2.16. The Balaban J connectivity index is 3.37. The van der Waals surface area contributed by atoms with Crippen molar-refractivity contribution in [2.75, 3.05) is 19.8 Å². The summed E-state index contributed by atoms with van der Waals surface area (Å²) in [5.74, 6) is -0.196. The van der Waals surface area contributed by atoms with Gasteiger partial charge in [-0.25, -0.2) is 0 Å². The highest BCUT2D eigenvalue weighted by molar-refractivity contribution is 5.69. The number of allylic oxidation sites excluding steroid dienone is 4. The average molecular weight is 761 g/mol. The van der Waals surface area contributed by atoms with Gasteiger partial charge in [-0.05, 0) is 44.9 Å². The summed E-state index contributed by atoms with van der Waals surface area (Å²) in [6.07, 6.45) is 59.7. The van der Waals surface area contributed by atoms with Crippen molar-refractivity contribution < 1.29 is 19.4 Å². The van der Waals surface area contributed by atoms with E-state index in [9.17, 15) is 9.90 Å². The third-order valence-corrected chi connectivity index (χ3v) is 11.0. The molecular weight excluding hydrogens is 665 g/mol. The van der Waals surface area contributed by atoms with E-state index in [1.807, 2.05) is 0 Å². The molecule has 0 saturated heterocycles. The first-order chi connectivity index (χ1) is 26.7. The molecule has 0 saturated carbocycles. The molecule has 0 aliphatic heterocycles. The fraction of sp³-hybridized carbons (Fsp3) is 0.900. The number of aliphatic hydroxyl groups is 1. The van der Waals surface area contributed by atoms with Crippen molar-refractivity contribution in [2.45, 2.75) is 270 Å². The standard InChI is InChI=1S/C50H96O4/c1-3-5-7-9-11-13-15-17-19-21-23-24-25-26-27-29-31-33-35-37-39-41-43-45-50(52)54-49(47-51)48-53-46-44-42-40-38-36-34-32-30-28-22-20-18-16-14-12-10-8-6-4-2/h14,16,20,22,49,51H,3-13,15,17-19,21,23-48H2,1-2H3/b16-14-,22-20-. The van der Waals surface area contributed by atoms with E-state index < -0.39 is 6.10 Å². The second-order valence-electron chi connectivity index (χ2n) is 16.5. The van der Waals surface area contributed by atoms with E-state index >= 15 is 0 Å². The second-order valence-corrected chi connectivity index (χ2v) is 16.5. The van der Waals surface area contributed by atoms with Gasteiger partial charge in [0.1, 0.15) is 6.10 Å². The molecule has 0 spiro atoms. The van der Waals surface area contributed by atoms with Gasteiger partial charge in [0.15, 0.2) is 0 Å². The minimum atomic E-state index is -0.534. The Kier molecular flexibility index (Phi) is 47.0. The Bertz CT molecular complexity index is 762. The Hall–Kier alpha value is -1.13. The molecule has 0 aromatic carbocycles. The van der Waals surface area contributed by atoms with Gasteiger partial charge in [-0.2, -0.15) is 0 Å². The van der Waals surface area contributed by atoms with Crippen molar-refractivity contribution in [2.24, 2.45) is 0 Å². The Labute approximate surface area is 338 Å². The third-order valence-electron chi connectivity index (χ3n) is 11.0. The molecule has 0 aromatic heterocycles. The third kappa shape index (κ3) is 45.3. The van der Waals surface area contributed by atoms with Gasteiger partial charge in [0.2, 0.25) is 0 Å². The summed E-state index contributed by atoms with van der Waals surface area (Å²) in [6, 6.07) is 0. The number of hydrogen-bond donors (Lipinski definition) is 1. The minimum Gasteiger partial charge on any atom is -0.457 e. The van der Waals surface area contributed by atoms with Crippen molar-refractivity contribution in [3.05, 3.63) is 24.3 Å². The Morgan fingerprint density at radius 2 is 0.778 bits per heavy atom. The maximum atomic E-state index is 12.3. The molecule has 320 valence electrons. The first-order valence-corrected chi connectivity index (χ1v) is 24.4. The second kappa shape index (κ2) is 48.0. The summed E-state index contributed by atoms with van der Waals surface area (Å²) < 4.78 is 11.2. The lowest BCUT2D eigenvalue weighted by Gasteiger charge is -2.16. The Morgan fingerprint density at radius 1 is 0.444 bits per heavy atom. The SMILES string of the molecule is CCCCCC/C=C\C/C=C\CCCCCCCCCCOCC(CO)OC(=O)CCCCCCCCCCCCCCCCCCCCCCCCC. The molecule has 54 heavy (non-hydrogen) atoms. The minimum absolute atomic E-state index is 0.169. The molecular formula is C50H96O4. The zero-order valence-corrected chi connectivity index (χ0v) is 36.8. The van der Waals surface area contributed by atoms with Gasteiger partial charge in [-0.15, -0.1) is 0 Å². The lowest BCUT2D eigenvalue weighted by atomic mass is 10.0. The number of carbonyl (C=O) groups excluding carboxylic acids is 1. The molecule has 4 heteroatoms. The van der Waals surface area contributed by atoms with Gasteiger partial charge in [0.25, 0.3) is 0 Å². The number of rotatable bonds is 46. The molecule has 0 aliphatic carbocycles. The molecule has 0 radical (unpaired) electrons. The summed E-state index contributed by atoms with van der Waals surface area (Å²) in [4.78, 5) is 12.3. The summed E-state index contributed by atoms with van der Waals surface area (Å²) in [5, 5.41) is 9.63. The molecule has 0 rings (SSSR count). The maximum Gasteiger partial charge on any atom is 0.306 e. The van der Waals surface area contributed by atoms with Crippen LogP contribution >= 0.6 is 0 Å². The molecule has 1 N–H and O–H groups in total. The predicted molar refractivity (Wildman–Crippen MR) is 237 cm³/mol. The maximum absolute atomic E-state index is 12.3. The van der Waals surface area contributed by atoms with E-state index in [1.54, 1.807) is 0 Å². The first kappa shape index (κ1) is 52.9. The Morgan fingerprint density at radius 3 is 1.17 bits per heavy atom. The van der Waals surface area contributed by atoms with Gasteiger partial charge in [0, 0.05) is 13.0 Å². The van der Waals surface area contributed by atoms with Crippen LogP contribution in [0.25, 0.3) is 0 Å². The average Bonchev–Trinajstić information content (AvgIpc) is 3.18. The summed E-state index contributed by atoms with van der Waals surface area (Å²) in [6.45, 7) is 5.36. The van der Waals surface area contributed by atoms with E-state index in [2.05, 4.69) is 38.2 Å². The quantitative estimate of drug-likeness (QED) is 0.0381. The number of esters is 1. The molecule has 4 nitrogen and oxygen atoms in total. The van der Waals surface area contributed by atoms with Crippen LogP contribution in [-0.4, -0.2) is 37.0 Å². The monoisotopic (exact) mass is 761 g/mol. The fourth-order valence-corrected chi connectivity index (χ4v) is 7.36. The fourth-order valence-electron chi connectivity index (χ4n) is 7.36. The number of unbranched alkanes of at least 4 members (excludes halogenated alkanes) is 34. The number of carbonyl (C=O) groups is 1. The molecule has 1 unspecified atom stereocenters. The summed E-state index contributed by atoms with van der Waals surface area (Å²) >= 11 is 0. The van der Waals surface area contributed by atoms with E-state index in [0.717, 1.165) is 25.7 Å². The van der Waals surface area contributed by atoms with Gasteiger partial charge in [-0.1, -0.05) is 237 Å². The molecule has 0 amide bonds. The summed E-state index contributed by atoms with van der Waals surface area (Å²) in [7, 11) is 0. The van der Waals surface area contributed by atoms with E-state index in [4.69, 9.17) is 9.47 Å². The van der Waals surface area contributed by atoms with Gasteiger partial charge < -0.3 is 14.6 Å². The lowest BCUT2D eigenvalue weighted by Crippen LogP contribution is -2.27. The van der Waals surface area contributed by atoms with Gasteiger partial charge in [-0.3, -0.25) is 4.79 Å². The van der Waals surface area contributed by atoms with E-state index in [-0.39, 0.29) is 12.6 Å². The van der Waals surface area contributed by atoms with Crippen molar-refractivity contribution in [1.82, 2.24) is 0 Å². The number of hydrogen-bond acceptors (Lipinski definition) is 4. The van der Waals surface area contributed by atoms with Crippen LogP contribution in [-0.2, 0) is 14.3 Å². The van der Waals surface area contributed by atoms with E-state index in [0.29, 0.717) is 19.6 Å². The van der Waals surface area contributed by atoms with Crippen LogP contribution in [0.1, 0.15) is 264 Å². The highest BCUT2D eigenvalue weighted by Gasteiger charge is 2.13. The van der Waals surface area contributed by atoms with Gasteiger partial charge >= 0.3 is 5.97 Å². The molecule has 1 atom stereocenters. The molecule has 0 aromatic rings. The van der Waals surface area contributed by atoms with Crippen molar-refractivity contribution in [3.63, 3.8) is 0 Å².